The van der Waals surface area contributed by atoms with Crippen molar-refractivity contribution in [1.82, 2.24) is 4.90 Å². The second-order valence-corrected chi connectivity index (χ2v) is 4.95. The predicted molar refractivity (Wildman–Crippen MR) is 58.3 cm³/mol. The quantitative estimate of drug-likeness (QED) is 0.659. The molecule has 3 nitrogen and oxygen atoms in total. The maximum Gasteiger partial charge on any atom is 0.0678 e. The highest BCUT2D eigenvalue weighted by Gasteiger charge is 2.35. The summed E-state index contributed by atoms with van der Waals surface area (Å²) in [4.78, 5) is 2.47. The molecular weight excluding hydrogens is 188 g/mol. The lowest BCUT2D eigenvalue weighted by atomic mass is 10.0. The van der Waals surface area contributed by atoms with Gasteiger partial charge >= 0.3 is 0 Å². The summed E-state index contributed by atoms with van der Waals surface area (Å²) in [6.45, 7) is 6.23. The SMILES string of the molecule is C[C@@H]1CN(C2CCCC2C#N)C[C@H](C)O1. The molecule has 2 unspecified atom stereocenters. The Bertz CT molecular complexity index is 251. The molecule has 0 amide bonds. The number of hydrogen-bond donors (Lipinski definition) is 0. The van der Waals surface area contributed by atoms with Gasteiger partial charge < -0.3 is 4.74 Å². The smallest absolute Gasteiger partial charge is 0.0678 e. The zero-order chi connectivity index (χ0) is 10.8. The van der Waals surface area contributed by atoms with Crippen molar-refractivity contribution < 1.29 is 4.74 Å². The minimum atomic E-state index is 0.252. The molecule has 1 aliphatic heterocycles. The van der Waals surface area contributed by atoms with E-state index in [1.807, 2.05) is 0 Å². The van der Waals surface area contributed by atoms with Gasteiger partial charge in [-0.25, -0.2) is 0 Å². The van der Waals surface area contributed by atoms with Crippen LogP contribution in [0.25, 0.3) is 0 Å². The van der Waals surface area contributed by atoms with E-state index >= 15 is 0 Å². The maximum atomic E-state index is 9.09. The lowest BCUT2D eigenvalue weighted by Gasteiger charge is -2.39. The second kappa shape index (κ2) is 4.51. The molecule has 1 saturated carbocycles. The minimum Gasteiger partial charge on any atom is -0.373 e. The highest BCUT2D eigenvalue weighted by Crippen LogP contribution is 2.31. The van der Waals surface area contributed by atoms with Crippen LogP contribution in [0.1, 0.15) is 33.1 Å². The number of rotatable bonds is 1. The lowest BCUT2D eigenvalue weighted by Crippen LogP contribution is -2.50. The number of nitriles is 1. The topological polar surface area (TPSA) is 36.3 Å². The van der Waals surface area contributed by atoms with Gasteiger partial charge in [0.2, 0.25) is 0 Å². The predicted octanol–water partition coefficient (Wildman–Crippen LogP) is 1.79. The molecule has 2 aliphatic rings. The van der Waals surface area contributed by atoms with E-state index in [0.717, 1.165) is 19.5 Å². The Balaban J connectivity index is 2.00. The van der Waals surface area contributed by atoms with Crippen LogP contribution in [0, 0.1) is 17.2 Å². The molecule has 0 radical (unpaired) electrons. The number of ether oxygens (including phenoxy) is 1. The Hall–Kier alpha value is -0.590. The summed E-state index contributed by atoms with van der Waals surface area (Å²) < 4.78 is 5.72. The Morgan fingerprint density at radius 1 is 1.20 bits per heavy atom. The van der Waals surface area contributed by atoms with Gasteiger partial charge in [0, 0.05) is 19.1 Å². The molecule has 4 atom stereocenters. The first-order valence-electron chi connectivity index (χ1n) is 6.00. The fraction of sp³-hybridized carbons (Fsp3) is 0.917. The van der Waals surface area contributed by atoms with Gasteiger partial charge in [0.15, 0.2) is 0 Å². The first-order chi connectivity index (χ1) is 7.20. The molecule has 0 N–H and O–H groups in total. The molecule has 84 valence electrons. The zero-order valence-electron chi connectivity index (χ0n) is 9.65. The van der Waals surface area contributed by atoms with Crippen molar-refractivity contribution in [1.29, 1.82) is 5.26 Å². The van der Waals surface area contributed by atoms with Crippen molar-refractivity contribution >= 4 is 0 Å². The molecule has 0 bridgehead atoms. The Morgan fingerprint density at radius 2 is 1.87 bits per heavy atom. The average molecular weight is 208 g/mol. The molecule has 1 heterocycles. The minimum absolute atomic E-state index is 0.252. The van der Waals surface area contributed by atoms with E-state index < -0.39 is 0 Å². The molecule has 15 heavy (non-hydrogen) atoms. The van der Waals surface area contributed by atoms with Crippen LogP contribution in [0.2, 0.25) is 0 Å². The summed E-state index contributed by atoms with van der Waals surface area (Å²) in [7, 11) is 0. The van der Waals surface area contributed by atoms with Crippen LogP contribution in [-0.4, -0.2) is 36.2 Å². The number of nitrogens with zero attached hydrogens (tertiary/aromatic N) is 2. The van der Waals surface area contributed by atoms with Crippen molar-refractivity contribution in [2.75, 3.05) is 13.1 Å². The molecule has 0 aromatic rings. The zero-order valence-corrected chi connectivity index (χ0v) is 9.65. The Morgan fingerprint density at radius 3 is 2.47 bits per heavy atom. The van der Waals surface area contributed by atoms with Crippen LogP contribution in [0.5, 0.6) is 0 Å². The summed E-state index contributed by atoms with van der Waals surface area (Å²) in [6.07, 6.45) is 4.12. The first kappa shape index (κ1) is 10.9. The molecule has 0 spiro atoms. The van der Waals surface area contributed by atoms with Crippen LogP contribution >= 0.6 is 0 Å². The summed E-state index contributed by atoms with van der Waals surface area (Å²) in [6, 6.07) is 2.95. The van der Waals surface area contributed by atoms with Gasteiger partial charge in [0.25, 0.3) is 0 Å². The second-order valence-electron chi connectivity index (χ2n) is 4.95. The van der Waals surface area contributed by atoms with Gasteiger partial charge in [-0.2, -0.15) is 5.26 Å². The Kier molecular flexibility index (Phi) is 3.28. The normalized spacial score (nSPS) is 42.7. The van der Waals surface area contributed by atoms with Crippen molar-refractivity contribution in [3.8, 4) is 6.07 Å². The third kappa shape index (κ3) is 2.32. The van der Waals surface area contributed by atoms with E-state index in [1.165, 1.54) is 12.8 Å². The fourth-order valence-corrected chi connectivity index (χ4v) is 3.02. The van der Waals surface area contributed by atoms with Gasteiger partial charge in [0.1, 0.15) is 0 Å². The van der Waals surface area contributed by atoms with Gasteiger partial charge in [-0.3, -0.25) is 4.90 Å². The van der Waals surface area contributed by atoms with E-state index in [0.29, 0.717) is 18.2 Å². The van der Waals surface area contributed by atoms with Crippen LogP contribution in [0.4, 0.5) is 0 Å². The molecule has 1 aliphatic carbocycles. The largest absolute Gasteiger partial charge is 0.373 e. The molecular formula is C12H20N2O. The van der Waals surface area contributed by atoms with Gasteiger partial charge in [-0.15, -0.1) is 0 Å². The highest BCUT2D eigenvalue weighted by atomic mass is 16.5. The van der Waals surface area contributed by atoms with Crippen LogP contribution in [-0.2, 0) is 4.74 Å². The van der Waals surface area contributed by atoms with Gasteiger partial charge in [-0.05, 0) is 26.7 Å². The standard InChI is InChI=1S/C12H20N2O/c1-9-7-14(8-10(2)15-9)12-5-3-4-11(12)6-13/h9-12H,3-5,7-8H2,1-2H3/t9-,10+,11?,12?. The van der Waals surface area contributed by atoms with E-state index in [4.69, 9.17) is 10.00 Å². The molecule has 3 heteroatoms. The van der Waals surface area contributed by atoms with E-state index in [-0.39, 0.29) is 5.92 Å². The molecule has 2 fully saturated rings. The highest BCUT2D eigenvalue weighted by molar-refractivity contribution is 4.98. The summed E-state index contributed by atoms with van der Waals surface area (Å²) in [5.41, 5.74) is 0. The van der Waals surface area contributed by atoms with Crippen LogP contribution in [0.3, 0.4) is 0 Å². The van der Waals surface area contributed by atoms with E-state index in [9.17, 15) is 0 Å². The van der Waals surface area contributed by atoms with Crippen molar-refractivity contribution in [2.24, 2.45) is 5.92 Å². The van der Waals surface area contributed by atoms with Crippen molar-refractivity contribution in [3.63, 3.8) is 0 Å². The summed E-state index contributed by atoms with van der Waals surface area (Å²) in [5.74, 6) is 0.252. The van der Waals surface area contributed by atoms with E-state index in [1.54, 1.807) is 0 Å². The van der Waals surface area contributed by atoms with Crippen LogP contribution < -0.4 is 0 Å². The third-order valence-electron chi connectivity index (χ3n) is 3.56. The monoisotopic (exact) mass is 208 g/mol. The van der Waals surface area contributed by atoms with Crippen LogP contribution in [0.15, 0.2) is 0 Å². The summed E-state index contributed by atoms with van der Waals surface area (Å²) in [5, 5.41) is 9.09. The number of hydrogen-bond acceptors (Lipinski definition) is 3. The van der Waals surface area contributed by atoms with Gasteiger partial charge in [-0.1, -0.05) is 6.42 Å². The van der Waals surface area contributed by atoms with Gasteiger partial charge in [0.05, 0.1) is 24.2 Å². The van der Waals surface area contributed by atoms with Crippen molar-refractivity contribution in [3.05, 3.63) is 0 Å². The first-order valence-corrected chi connectivity index (χ1v) is 6.00. The van der Waals surface area contributed by atoms with E-state index in [2.05, 4.69) is 24.8 Å². The maximum absolute atomic E-state index is 9.09. The third-order valence-corrected chi connectivity index (χ3v) is 3.56. The number of morpholine rings is 1. The lowest BCUT2D eigenvalue weighted by molar-refractivity contribution is -0.0823. The average Bonchev–Trinajstić information content (AvgIpc) is 2.63. The molecule has 0 aromatic heterocycles. The molecule has 1 saturated heterocycles. The summed E-state index contributed by atoms with van der Waals surface area (Å²) >= 11 is 0. The molecule has 0 aromatic carbocycles. The Labute approximate surface area is 92.0 Å². The fourth-order valence-electron chi connectivity index (χ4n) is 3.02. The molecule has 2 rings (SSSR count). The van der Waals surface area contributed by atoms with Crippen molar-refractivity contribution in [2.45, 2.75) is 51.4 Å².